The lowest BCUT2D eigenvalue weighted by atomic mass is 10.2. The first-order valence-corrected chi connectivity index (χ1v) is 7.47. The number of nitrogens with one attached hydrogen (secondary N) is 1. The van der Waals surface area contributed by atoms with E-state index in [1.807, 2.05) is 6.92 Å². The van der Waals surface area contributed by atoms with E-state index in [1.165, 1.54) is 12.1 Å². The second-order valence-electron chi connectivity index (χ2n) is 3.75. The van der Waals surface area contributed by atoms with Crippen molar-refractivity contribution in [1.82, 2.24) is 4.98 Å². The molecule has 0 saturated heterocycles. The minimum atomic E-state index is -3.74. The number of carboxylic acid groups (broad SMARTS) is 1. The molecule has 0 fully saturated rings. The van der Waals surface area contributed by atoms with E-state index in [0.29, 0.717) is 0 Å². The molecular formula is C11H10N2O4S2. The molecule has 19 heavy (non-hydrogen) atoms. The van der Waals surface area contributed by atoms with Crippen LogP contribution in [0.3, 0.4) is 0 Å². The third kappa shape index (κ3) is 3.09. The van der Waals surface area contributed by atoms with Crippen molar-refractivity contribution in [2.45, 2.75) is 11.8 Å². The van der Waals surface area contributed by atoms with Crippen molar-refractivity contribution >= 4 is 32.5 Å². The molecule has 100 valence electrons. The van der Waals surface area contributed by atoms with Crippen LogP contribution in [0.2, 0.25) is 0 Å². The van der Waals surface area contributed by atoms with Crippen molar-refractivity contribution in [1.29, 1.82) is 0 Å². The average molecular weight is 298 g/mol. The zero-order valence-corrected chi connectivity index (χ0v) is 11.5. The molecule has 1 aromatic carbocycles. The van der Waals surface area contributed by atoms with Gasteiger partial charge in [0.2, 0.25) is 0 Å². The molecule has 8 heteroatoms. The Balaban J connectivity index is 2.25. The number of sulfonamides is 1. The topological polar surface area (TPSA) is 96.4 Å². The molecule has 1 aromatic heterocycles. The third-order valence-corrected chi connectivity index (χ3v) is 4.65. The summed E-state index contributed by atoms with van der Waals surface area (Å²) in [4.78, 5) is 14.5. The van der Waals surface area contributed by atoms with Gasteiger partial charge in [0.15, 0.2) is 5.13 Å². The van der Waals surface area contributed by atoms with Crippen molar-refractivity contribution in [3.05, 3.63) is 40.9 Å². The fourth-order valence-corrected chi connectivity index (χ4v) is 3.21. The number of rotatable bonds is 4. The lowest BCUT2D eigenvalue weighted by molar-refractivity contribution is 0.0702. The molecule has 6 nitrogen and oxygen atoms in total. The number of carboxylic acids is 1. The van der Waals surface area contributed by atoms with E-state index in [-0.39, 0.29) is 14.9 Å². The van der Waals surface area contributed by atoms with E-state index in [2.05, 4.69) is 9.71 Å². The lowest BCUT2D eigenvalue weighted by Crippen LogP contribution is -2.12. The SMILES string of the molecule is Cc1ccc(S(=O)(=O)Nc2ncc(C(=O)O)s2)cc1. The van der Waals surface area contributed by atoms with Crippen LogP contribution in [-0.2, 0) is 10.0 Å². The molecule has 0 aliphatic carbocycles. The van der Waals surface area contributed by atoms with Gasteiger partial charge < -0.3 is 5.11 Å². The predicted octanol–water partition coefficient (Wildman–Crippen LogP) is 1.95. The molecule has 2 aromatic rings. The number of aromatic nitrogens is 1. The molecule has 2 rings (SSSR count). The Morgan fingerprint density at radius 1 is 1.32 bits per heavy atom. The number of aromatic carboxylic acids is 1. The zero-order chi connectivity index (χ0) is 14.0. The Bertz CT molecular complexity index is 705. The number of thiazole rings is 1. The molecule has 0 aliphatic rings. The normalized spacial score (nSPS) is 11.2. The van der Waals surface area contributed by atoms with Crippen LogP contribution >= 0.6 is 11.3 Å². The second kappa shape index (κ2) is 4.98. The summed E-state index contributed by atoms with van der Waals surface area (Å²) in [7, 11) is -3.74. The largest absolute Gasteiger partial charge is 0.477 e. The first-order chi connectivity index (χ1) is 8.88. The summed E-state index contributed by atoms with van der Waals surface area (Å²) in [6, 6.07) is 6.31. The zero-order valence-electron chi connectivity index (χ0n) is 9.82. The van der Waals surface area contributed by atoms with Gasteiger partial charge in [-0.2, -0.15) is 0 Å². The summed E-state index contributed by atoms with van der Waals surface area (Å²) in [5, 5.41) is 8.76. The molecule has 0 bridgehead atoms. The molecule has 0 radical (unpaired) electrons. The van der Waals surface area contributed by atoms with Crippen molar-refractivity contribution in [3.8, 4) is 0 Å². The second-order valence-corrected chi connectivity index (χ2v) is 6.47. The van der Waals surface area contributed by atoms with Crippen LogP contribution in [-0.4, -0.2) is 24.5 Å². The highest BCUT2D eigenvalue weighted by Crippen LogP contribution is 2.21. The van der Waals surface area contributed by atoms with E-state index in [1.54, 1.807) is 12.1 Å². The number of aryl methyl sites for hydroxylation is 1. The van der Waals surface area contributed by atoms with Crippen LogP contribution < -0.4 is 4.72 Å². The highest BCUT2D eigenvalue weighted by Gasteiger charge is 2.17. The van der Waals surface area contributed by atoms with Gasteiger partial charge in [0.25, 0.3) is 10.0 Å². The van der Waals surface area contributed by atoms with Crippen molar-refractivity contribution in [2.75, 3.05) is 4.72 Å². The minimum absolute atomic E-state index is 0.0259. The molecule has 0 amide bonds. The Kier molecular flexibility index (Phi) is 3.54. The Labute approximate surface area is 113 Å². The Hall–Kier alpha value is -1.93. The summed E-state index contributed by atoms with van der Waals surface area (Å²) < 4.78 is 26.2. The summed E-state index contributed by atoms with van der Waals surface area (Å²) in [6.07, 6.45) is 1.11. The van der Waals surface area contributed by atoms with E-state index in [9.17, 15) is 13.2 Å². The van der Waals surface area contributed by atoms with Crippen LogP contribution in [0.4, 0.5) is 5.13 Å². The maximum atomic E-state index is 12.0. The van der Waals surface area contributed by atoms with Crippen molar-refractivity contribution in [2.24, 2.45) is 0 Å². The van der Waals surface area contributed by atoms with Gasteiger partial charge >= 0.3 is 5.97 Å². The van der Waals surface area contributed by atoms with Crippen LogP contribution in [0, 0.1) is 6.92 Å². The first-order valence-electron chi connectivity index (χ1n) is 5.17. The maximum absolute atomic E-state index is 12.0. The average Bonchev–Trinajstić information content (AvgIpc) is 2.77. The lowest BCUT2D eigenvalue weighted by Gasteiger charge is -2.04. The van der Waals surface area contributed by atoms with Crippen LogP contribution in [0.1, 0.15) is 15.2 Å². The maximum Gasteiger partial charge on any atom is 0.347 e. The smallest absolute Gasteiger partial charge is 0.347 e. The molecule has 0 spiro atoms. The molecule has 0 saturated carbocycles. The first kappa shape index (κ1) is 13.5. The summed E-state index contributed by atoms with van der Waals surface area (Å²) in [5.41, 5.74) is 0.946. The summed E-state index contributed by atoms with van der Waals surface area (Å²) in [5.74, 6) is -1.14. The quantitative estimate of drug-likeness (QED) is 0.899. The van der Waals surface area contributed by atoms with Gasteiger partial charge in [-0.1, -0.05) is 29.0 Å². The van der Waals surface area contributed by atoms with Crippen molar-refractivity contribution < 1.29 is 18.3 Å². The number of carbonyl (C=O) groups is 1. The van der Waals surface area contributed by atoms with Crippen LogP contribution in [0.15, 0.2) is 35.4 Å². The van der Waals surface area contributed by atoms with Gasteiger partial charge in [-0.15, -0.1) is 0 Å². The highest BCUT2D eigenvalue weighted by atomic mass is 32.2. The van der Waals surface area contributed by atoms with Crippen LogP contribution in [0.5, 0.6) is 0 Å². The van der Waals surface area contributed by atoms with Gasteiger partial charge in [-0.05, 0) is 19.1 Å². The van der Waals surface area contributed by atoms with Crippen LogP contribution in [0.25, 0.3) is 0 Å². The van der Waals surface area contributed by atoms with Crippen molar-refractivity contribution in [3.63, 3.8) is 0 Å². The molecule has 0 aliphatic heterocycles. The monoisotopic (exact) mass is 298 g/mol. The molecule has 2 N–H and O–H groups in total. The standard InChI is InChI=1S/C11H10N2O4S2/c1-7-2-4-8(5-3-7)19(16,17)13-11-12-6-9(18-11)10(14)15/h2-6H,1H3,(H,12,13)(H,14,15). The molecule has 1 heterocycles. The summed E-state index contributed by atoms with van der Waals surface area (Å²) >= 11 is 0.765. The summed E-state index contributed by atoms with van der Waals surface area (Å²) in [6.45, 7) is 1.85. The van der Waals surface area contributed by atoms with E-state index in [0.717, 1.165) is 23.1 Å². The fourth-order valence-electron chi connectivity index (χ4n) is 1.31. The number of anilines is 1. The molecule has 0 atom stereocenters. The van der Waals surface area contributed by atoms with Gasteiger partial charge in [-0.3, -0.25) is 4.72 Å². The highest BCUT2D eigenvalue weighted by molar-refractivity contribution is 7.93. The Morgan fingerprint density at radius 3 is 2.47 bits per heavy atom. The van der Waals surface area contributed by atoms with E-state index >= 15 is 0 Å². The number of nitrogens with zero attached hydrogens (tertiary/aromatic N) is 1. The number of benzene rings is 1. The number of hydrogen-bond donors (Lipinski definition) is 2. The van der Waals surface area contributed by atoms with Gasteiger partial charge in [0.1, 0.15) is 4.88 Å². The molecule has 0 unspecified atom stereocenters. The van der Waals surface area contributed by atoms with E-state index in [4.69, 9.17) is 5.11 Å². The minimum Gasteiger partial charge on any atom is -0.477 e. The Morgan fingerprint density at radius 2 is 1.95 bits per heavy atom. The molecular weight excluding hydrogens is 288 g/mol. The third-order valence-electron chi connectivity index (χ3n) is 2.27. The fraction of sp³-hybridized carbons (Fsp3) is 0.0909. The van der Waals surface area contributed by atoms with Gasteiger partial charge in [0, 0.05) is 0 Å². The van der Waals surface area contributed by atoms with E-state index < -0.39 is 16.0 Å². The van der Waals surface area contributed by atoms with Gasteiger partial charge in [-0.25, -0.2) is 18.2 Å². The van der Waals surface area contributed by atoms with Gasteiger partial charge in [0.05, 0.1) is 11.1 Å². The number of hydrogen-bond acceptors (Lipinski definition) is 5. The predicted molar refractivity (Wildman–Crippen MR) is 71.1 cm³/mol.